The third-order valence-electron chi connectivity index (χ3n) is 4.39. The molecule has 1 saturated carbocycles. The van der Waals surface area contributed by atoms with Gasteiger partial charge in [0.2, 0.25) is 0 Å². The summed E-state index contributed by atoms with van der Waals surface area (Å²) in [5.41, 5.74) is 4.00. The second kappa shape index (κ2) is 5.28. The molecule has 0 radical (unpaired) electrons. The number of ether oxygens (including phenoxy) is 2. The Morgan fingerprint density at radius 1 is 0.762 bits per heavy atom. The van der Waals surface area contributed by atoms with Crippen molar-refractivity contribution in [3.8, 4) is 11.5 Å². The minimum Gasteiger partial charge on any atom is -0.497 e. The Bertz CT molecular complexity index is 581. The van der Waals surface area contributed by atoms with Crippen LogP contribution in [0.4, 0.5) is 0 Å². The molecular formula is C19H20O2. The van der Waals surface area contributed by atoms with Gasteiger partial charge in [0.1, 0.15) is 11.5 Å². The van der Waals surface area contributed by atoms with E-state index in [0.29, 0.717) is 0 Å². The summed E-state index contributed by atoms with van der Waals surface area (Å²) in [6.07, 6.45) is 2.01. The lowest BCUT2D eigenvalue weighted by Gasteiger charge is -2.45. The molecule has 21 heavy (non-hydrogen) atoms. The summed E-state index contributed by atoms with van der Waals surface area (Å²) in [7, 11) is 3.39. The molecule has 0 atom stereocenters. The van der Waals surface area contributed by atoms with E-state index in [2.05, 4.69) is 30.8 Å². The van der Waals surface area contributed by atoms with Crippen LogP contribution in [0.5, 0.6) is 11.5 Å². The van der Waals surface area contributed by atoms with Crippen molar-refractivity contribution in [2.75, 3.05) is 14.2 Å². The van der Waals surface area contributed by atoms with Crippen molar-refractivity contribution in [1.82, 2.24) is 0 Å². The molecule has 1 aliphatic rings. The van der Waals surface area contributed by atoms with Gasteiger partial charge in [0.05, 0.1) is 14.2 Å². The second-order valence-corrected chi connectivity index (χ2v) is 5.64. The molecule has 1 fully saturated rings. The van der Waals surface area contributed by atoms with Crippen LogP contribution in [0.1, 0.15) is 24.0 Å². The standard InChI is InChI=1S/C19H20O2/c1-14-12-19(13-14,15-4-8-17(20-2)9-5-15)16-6-10-18(21-3)11-7-16/h4-11H,1,12-13H2,2-3H3. The van der Waals surface area contributed by atoms with Crippen molar-refractivity contribution in [2.45, 2.75) is 18.3 Å². The van der Waals surface area contributed by atoms with E-state index in [1.807, 2.05) is 24.3 Å². The average molecular weight is 280 g/mol. The van der Waals surface area contributed by atoms with Crippen LogP contribution >= 0.6 is 0 Å². The number of hydrogen-bond donors (Lipinski definition) is 0. The maximum absolute atomic E-state index is 5.26. The quantitative estimate of drug-likeness (QED) is 0.776. The van der Waals surface area contributed by atoms with Crippen LogP contribution in [0.3, 0.4) is 0 Å². The summed E-state index contributed by atoms with van der Waals surface area (Å²) in [6, 6.07) is 16.8. The summed E-state index contributed by atoms with van der Waals surface area (Å²) in [5.74, 6) is 1.78. The van der Waals surface area contributed by atoms with Crippen LogP contribution in [0.25, 0.3) is 0 Å². The smallest absolute Gasteiger partial charge is 0.118 e. The molecule has 0 heterocycles. The maximum Gasteiger partial charge on any atom is 0.118 e. The number of benzene rings is 2. The van der Waals surface area contributed by atoms with Gasteiger partial charge in [-0.1, -0.05) is 36.4 Å². The van der Waals surface area contributed by atoms with Crippen molar-refractivity contribution in [1.29, 1.82) is 0 Å². The number of hydrogen-bond acceptors (Lipinski definition) is 2. The lowest BCUT2D eigenvalue weighted by molar-refractivity contribution is 0.396. The van der Waals surface area contributed by atoms with E-state index in [-0.39, 0.29) is 5.41 Å². The van der Waals surface area contributed by atoms with Crippen molar-refractivity contribution in [3.05, 3.63) is 71.8 Å². The van der Waals surface area contributed by atoms with Crippen LogP contribution in [-0.2, 0) is 5.41 Å². The zero-order chi connectivity index (χ0) is 14.9. The predicted molar refractivity (Wildman–Crippen MR) is 85.1 cm³/mol. The van der Waals surface area contributed by atoms with E-state index in [1.54, 1.807) is 14.2 Å². The van der Waals surface area contributed by atoms with Crippen molar-refractivity contribution in [2.24, 2.45) is 0 Å². The fourth-order valence-corrected chi connectivity index (χ4v) is 3.20. The molecule has 1 aliphatic carbocycles. The van der Waals surface area contributed by atoms with Crippen LogP contribution < -0.4 is 9.47 Å². The first-order valence-electron chi connectivity index (χ1n) is 7.14. The van der Waals surface area contributed by atoms with Crippen LogP contribution in [0.2, 0.25) is 0 Å². The van der Waals surface area contributed by atoms with Crippen LogP contribution in [0.15, 0.2) is 60.7 Å². The molecule has 108 valence electrons. The Morgan fingerprint density at radius 3 is 1.43 bits per heavy atom. The lowest BCUT2D eigenvalue weighted by Crippen LogP contribution is -2.37. The Balaban J connectivity index is 2.00. The van der Waals surface area contributed by atoms with E-state index >= 15 is 0 Å². The molecule has 0 aliphatic heterocycles. The highest BCUT2D eigenvalue weighted by molar-refractivity contribution is 5.49. The summed E-state index contributed by atoms with van der Waals surface area (Å²) >= 11 is 0. The van der Waals surface area contributed by atoms with Gasteiger partial charge < -0.3 is 9.47 Å². The van der Waals surface area contributed by atoms with Crippen molar-refractivity contribution in [3.63, 3.8) is 0 Å². The van der Waals surface area contributed by atoms with Gasteiger partial charge in [-0.3, -0.25) is 0 Å². The Morgan fingerprint density at radius 2 is 1.14 bits per heavy atom. The summed E-state index contributed by atoms with van der Waals surface area (Å²) in [6.45, 7) is 4.12. The highest BCUT2D eigenvalue weighted by Gasteiger charge is 2.42. The molecule has 2 aromatic carbocycles. The first-order chi connectivity index (χ1) is 10.2. The molecule has 2 heteroatoms. The fourth-order valence-electron chi connectivity index (χ4n) is 3.20. The monoisotopic (exact) mass is 280 g/mol. The highest BCUT2D eigenvalue weighted by atomic mass is 16.5. The first kappa shape index (κ1) is 13.7. The average Bonchev–Trinajstić information content (AvgIpc) is 2.52. The summed E-state index contributed by atoms with van der Waals surface area (Å²) in [5, 5.41) is 0. The molecule has 0 aromatic heterocycles. The SMILES string of the molecule is C=C1CC(c2ccc(OC)cc2)(c2ccc(OC)cc2)C1. The van der Waals surface area contributed by atoms with Gasteiger partial charge in [-0.25, -0.2) is 0 Å². The minimum absolute atomic E-state index is 0.0512. The van der Waals surface area contributed by atoms with E-state index in [4.69, 9.17) is 9.47 Å². The van der Waals surface area contributed by atoms with Crippen molar-refractivity contribution >= 4 is 0 Å². The van der Waals surface area contributed by atoms with E-state index in [9.17, 15) is 0 Å². The summed E-state index contributed by atoms with van der Waals surface area (Å²) < 4.78 is 10.5. The highest BCUT2D eigenvalue weighted by Crippen LogP contribution is 2.51. The molecule has 2 nitrogen and oxygen atoms in total. The zero-order valence-corrected chi connectivity index (χ0v) is 12.6. The molecule has 0 amide bonds. The molecule has 3 rings (SSSR count). The van der Waals surface area contributed by atoms with Gasteiger partial charge in [0.15, 0.2) is 0 Å². The number of allylic oxidation sites excluding steroid dienone is 1. The topological polar surface area (TPSA) is 18.5 Å². The van der Waals surface area contributed by atoms with Crippen LogP contribution in [-0.4, -0.2) is 14.2 Å². The predicted octanol–water partition coefficient (Wildman–Crippen LogP) is 4.34. The Labute approximate surface area is 126 Å². The molecule has 0 saturated heterocycles. The normalized spacial score (nSPS) is 16.2. The molecule has 0 unspecified atom stereocenters. The van der Waals surface area contributed by atoms with Crippen molar-refractivity contribution < 1.29 is 9.47 Å². The molecule has 2 aromatic rings. The zero-order valence-electron chi connectivity index (χ0n) is 12.6. The van der Waals surface area contributed by atoms with Gasteiger partial charge in [0.25, 0.3) is 0 Å². The lowest BCUT2D eigenvalue weighted by atomic mass is 9.58. The van der Waals surface area contributed by atoms with E-state index < -0.39 is 0 Å². The fraction of sp³-hybridized carbons (Fsp3) is 0.263. The second-order valence-electron chi connectivity index (χ2n) is 5.64. The number of rotatable bonds is 4. The Kier molecular flexibility index (Phi) is 3.46. The largest absolute Gasteiger partial charge is 0.497 e. The number of methoxy groups -OCH3 is 2. The van der Waals surface area contributed by atoms with Crippen LogP contribution in [0, 0.1) is 0 Å². The van der Waals surface area contributed by atoms with E-state index in [1.165, 1.54) is 16.7 Å². The maximum atomic E-state index is 5.26. The Hall–Kier alpha value is -2.22. The van der Waals surface area contributed by atoms with Gasteiger partial charge in [0, 0.05) is 5.41 Å². The first-order valence-corrected chi connectivity index (χ1v) is 7.14. The minimum atomic E-state index is 0.0512. The van der Waals surface area contributed by atoms with Gasteiger partial charge in [-0.2, -0.15) is 0 Å². The molecular weight excluding hydrogens is 260 g/mol. The van der Waals surface area contributed by atoms with Gasteiger partial charge >= 0.3 is 0 Å². The van der Waals surface area contributed by atoms with Gasteiger partial charge in [-0.05, 0) is 48.2 Å². The molecule has 0 N–H and O–H groups in total. The molecule has 0 bridgehead atoms. The molecule has 0 spiro atoms. The van der Waals surface area contributed by atoms with E-state index in [0.717, 1.165) is 24.3 Å². The van der Waals surface area contributed by atoms with Gasteiger partial charge in [-0.15, -0.1) is 0 Å². The summed E-state index contributed by atoms with van der Waals surface area (Å²) in [4.78, 5) is 0. The third kappa shape index (κ3) is 2.31. The third-order valence-corrected chi connectivity index (χ3v) is 4.39.